The normalized spacial score (nSPS) is 17.6. The van der Waals surface area contributed by atoms with Gasteiger partial charge in [-0.2, -0.15) is 0 Å². The third kappa shape index (κ3) is 7.08. The first-order chi connectivity index (χ1) is 13.8. The lowest BCUT2D eigenvalue weighted by molar-refractivity contribution is -0.137. The van der Waals surface area contributed by atoms with Crippen molar-refractivity contribution >= 4 is 17.5 Å². The summed E-state index contributed by atoms with van der Waals surface area (Å²) in [5.74, 6) is -0.337. The number of nitrogens with one attached hydrogen (secondary N) is 1. The van der Waals surface area contributed by atoms with Gasteiger partial charge < -0.3 is 10.2 Å². The van der Waals surface area contributed by atoms with Crippen molar-refractivity contribution in [3.8, 4) is 0 Å². The summed E-state index contributed by atoms with van der Waals surface area (Å²) in [6.45, 7) is 12.1. The van der Waals surface area contributed by atoms with E-state index in [2.05, 4.69) is 42.8 Å². The molecule has 2 atom stereocenters. The monoisotopic (exact) mass is 406 g/mol. The lowest BCUT2D eigenvalue weighted by Crippen LogP contribution is -2.53. The summed E-state index contributed by atoms with van der Waals surface area (Å²) in [4.78, 5) is 31.3. The van der Waals surface area contributed by atoms with Gasteiger partial charge in [0.15, 0.2) is 0 Å². The summed E-state index contributed by atoms with van der Waals surface area (Å²) in [5.41, 5.74) is 0.467. The average Bonchev–Trinajstić information content (AvgIpc) is 2.69. The fourth-order valence-electron chi connectivity index (χ4n) is 3.67. The molecule has 0 saturated carbocycles. The predicted octanol–water partition coefficient (Wildman–Crippen LogP) is 2.81. The van der Waals surface area contributed by atoms with Crippen molar-refractivity contribution in [3.05, 3.63) is 30.1 Å². The van der Waals surface area contributed by atoms with Crippen molar-refractivity contribution in [2.75, 3.05) is 44.6 Å². The minimum atomic E-state index is -0.370. The summed E-state index contributed by atoms with van der Waals surface area (Å²) in [6, 6.07) is 6.38. The molecule has 2 amide bonds. The molecule has 0 unspecified atom stereocenters. The van der Waals surface area contributed by atoms with Crippen LogP contribution in [-0.2, 0) is 9.59 Å². The lowest BCUT2D eigenvalue weighted by atomic mass is 10.1. The summed E-state index contributed by atoms with van der Waals surface area (Å²) in [6.07, 6.45) is 1.90. The molecule has 7 heteroatoms. The molecule has 1 aliphatic heterocycles. The molecular weight excluding hydrogens is 371 g/mol. The number of nitrogens with zero attached hydrogens (tertiary/aromatic N) is 3. The van der Waals surface area contributed by atoms with E-state index < -0.39 is 0 Å². The molecule has 6 nitrogen and oxygen atoms in total. The van der Waals surface area contributed by atoms with E-state index in [1.165, 1.54) is 12.1 Å². The zero-order chi connectivity index (χ0) is 21.4. The summed E-state index contributed by atoms with van der Waals surface area (Å²) < 4.78 is 13.2. The lowest BCUT2D eigenvalue weighted by Gasteiger charge is -2.38. The number of hydrogen-bond acceptors (Lipinski definition) is 4. The molecule has 1 heterocycles. The maximum Gasteiger partial charge on any atom is 0.238 e. The van der Waals surface area contributed by atoms with E-state index >= 15 is 0 Å². The number of hydrogen-bond donors (Lipinski definition) is 1. The van der Waals surface area contributed by atoms with Crippen LogP contribution in [0.4, 0.5) is 10.1 Å². The van der Waals surface area contributed by atoms with Crippen LogP contribution in [-0.4, -0.2) is 77.9 Å². The third-order valence-corrected chi connectivity index (χ3v) is 5.72. The fourth-order valence-corrected chi connectivity index (χ4v) is 3.67. The highest BCUT2D eigenvalue weighted by Gasteiger charge is 2.27. The van der Waals surface area contributed by atoms with E-state index in [0.29, 0.717) is 12.2 Å². The van der Waals surface area contributed by atoms with Crippen LogP contribution in [0.1, 0.15) is 40.5 Å². The summed E-state index contributed by atoms with van der Waals surface area (Å²) >= 11 is 0. The van der Waals surface area contributed by atoms with Crippen LogP contribution < -0.4 is 5.32 Å². The van der Waals surface area contributed by atoms with E-state index in [1.807, 2.05) is 4.90 Å². The van der Waals surface area contributed by atoms with Gasteiger partial charge in [-0.05, 0) is 44.9 Å². The van der Waals surface area contributed by atoms with Gasteiger partial charge in [-0.3, -0.25) is 19.4 Å². The maximum atomic E-state index is 13.2. The Bertz CT molecular complexity index is 667. The van der Waals surface area contributed by atoms with Crippen molar-refractivity contribution in [2.45, 2.75) is 52.6 Å². The van der Waals surface area contributed by atoms with E-state index in [9.17, 15) is 14.0 Å². The van der Waals surface area contributed by atoms with Gasteiger partial charge in [0.1, 0.15) is 5.82 Å². The molecule has 162 valence electrons. The quantitative estimate of drug-likeness (QED) is 0.685. The summed E-state index contributed by atoms with van der Waals surface area (Å²) in [7, 11) is 0. The van der Waals surface area contributed by atoms with E-state index in [-0.39, 0.29) is 36.3 Å². The molecule has 1 saturated heterocycles. The molecule has 1 aromatic rings. The Morgan fingerprint density at radius 2 is 1.59 bits per heavy atom. The van der Waals surface area contributed by atoms with Gasteiger partial charge in [-0.15, -0.1) is 0 Å². The molecule has 0 aliphatic carbocycles. The molecule has 1 aromatic carbocycles. The number of carbonyl (C=O) groups is 2. The molecule has 0 aromatic heterocycles. The number of amides is 2. The highest BCUT2D eigenvalue weighted by molar-refractivity contribution is 5.92. The first kappa shape index (κ1) is 23.3. The molecule has 1 fully saturated rings. The van der Waals surface area contributed by atoms with Crippen LogP contribution in [0.5, 0.6) is 0 Å². The second-order valence-corrected chi connectivity index (χ2v) is 7.93. The molecule has 0 radical (unpaired) electrons. The Morgan fingerprint density at radius 3 is 2.10 bits per heavy atom. The number of piperazine rings is 1. The number of halogens is 1. The molecule has 0 spiro atoms. The maximum absolute atomic E-state index is 13.2. The first-order valence-electron chi connectivity index (χ1n) is 10.6. The number of benzene rings is 1. The van der Waals surface area contributed by atoms with Gasteiger partial charge in [0, 0.05) is 44.0 Å². The largest absolute Gasteiger partial charge is 0.336 e. The second-order valence-electron chi connectivity index (χ2n) is 7.93. The Hall–Kier alpha value is -1.99. The van der Waals surface area contributed by atoms with Gasteiger partial charge >= 0.3 is 0 Å². The van der Waals surface area contributed by atoms with Crippen LogP contribution in [0.15, 0.2) is 24.3 Å². The molecule has 1 N–H and O–H groups in total. The zero-order valence-electron chi connectivity index (χ0n) is 18.2. The molecule has 2 rings (SSSR count). The minimum Gasteiger partial charge on any atom is -0.336 e. The molecule has 29 heavy (non-hydrogen) atoms. The van der Waals surface area contributed by atoms with Crippen molar-refractivity contribution in [1.82, 2.24) is 14.7 Å². The van der Waals surface area contributed by atoms with Crippen molar-refractivity contribution in [1.29, 1.82) is 0 Å². The SMILES string of the molecule is CC[C@H](C)N(C(=O)CN1CCN(CC(=O)Nc2cccc(F)c2)CC1)[C@@H](C)CC. The highest BCUT2D eigenvalue weighted by Crippen LogP contribution is 2.14. The molecule has 1 aliphatic rings. The van der Waals surface area contributed by atoms with Gasteiger partial charge in [0.05, 0.1) is 13.1 Å². The Kier molecular flexibility index (Phi) is 9.04. The number of rotatable bonds is 9. The first-order valence-corrected chi connectivity index (χ1v) is 10.6. The molecule has 0 bridgehead atoms. The van der Waals surface area contributed by atoms with E-state index in [4.69, 9.17) is 0 Å². The van der Waals surface area contributed by atoms with Crippen molar-refractivity contribution in [2.24, 2.45) is 0 Å². The van der Waals surface area contributed by atoms with Crippen LogP contribution in [0, 0.1) is 5.82 Å². The summed E-state index contributed by atoms with van der Waals surface area (Å²) in [5, 5.41) is 2.73. The van der Waals surface area contributed by atoms with Gasteiger partial charge in [0.25, 0.3) is 0 Å². The van der Waals surface area contributed by atoms with E-state index in [0.717, 1.165) is 39.0 Å². The average molecular weight is 407 g/mol. The predicted molar refractivity (Wildman–Crippen MR) is 114 cm³/mol. The van der Waals surface area contributed by atoms with Gasteiger partial charge in [0.2, 0.25) is 11.8 Å². The fraction of sp³-hybridized carbons (Fsp3) is 0.636. The van der Waals surface area contributed by atoms with E-state index in [1.54, 1.807) is 12.1 Å². The van der Waals surface area contributed by atoms with Crippen LogP contribution >= 0.6 is 0 Å². The third-order valence-electron chi connectivity index (χ3n) is 5.72. The van der Waals surface area contributed by atoms with Crippen LogP contribution in [0.25, 0.3) is 0 Å². The molecular formula is C22H35FN4O2. The highest BCUT2D eigenvalue weighted by atomic mass is 19.1. The Labute approximate surface area is 174 Å². The zero-order valence-corrected chi connectivity index (χ0v) is 18.2. The van der Waals surface area contributed by atoms with Crippen LogP contribution in [0.2, 0.25) is 0 Å². The number of carbonyl (C=O) groups excluding carboxylic acids is 2. The van der Waals surface area contributed by atoms with Gasteiger partial charge in [-0.25, -0.2) is 4.39 Å². The Balaban J connectivity index is 1.79. The Morgan fingerprint density at radius 1 is 1.03 bits per heavy atom. The smallest absolute Gasteiger partial charge is 0.238 e. The number of anilines is 1. The minimum absolute atomic E-state index is 0.153. The standard InChI is InChI=1S/C22H35FN4O2/c1-5-17(3)27(18(4)6-2)22(29)16-26-12-10-25(11-13-26)15-21(28)24-20-9-7-8-19(23)14-20/h7-9,14,17-18H,5-6,10-13,15-16H2,1-4H3,(H,24,28)/t17-,18-/m0/s1. The van der Waals surface area contributed by atoms with Crippen LogP contribution in [0.3, 0.4) is 0 Å². The van der Waals surface area contributed by atoms with Gasteiger partial charge in [-0.1, -0.05) is 19.9 Å². The topological polar surface area (TPSA) is 55.9 Å². The second kappa shape index (κ2) is 11.3. The van der Waals surface area contributed by atoms with Crippen molar-refractivity contribution < 1.29 is 14.0 Å². The van der Waals surface area contributed by atoms with Crippen molar-refractivity contribution in [3.63, 3.8) is 0 Å².